The third-order valence-electron chi connectivity index (χ3n) is 10.2. The Hall–Kier alpha value is -6.90. The molecule has 0 saturated heterocycles. The van der Waals surface area contributed by atoms with Gasteiger partial charge in [-0.2, -0.15) is 0 Å². The molecule has 9 aromatic carbocycles. The monoisotopic (exact) mass is 663 g/mol. The predicted octanol–water partition coefficient (Wildman–Crippen LogP) is 14.4. The number of rotatable bonds is 6. The van der Waals surface area contributed by atoms with E-state index in [1.165, 1.54) is 54.9 Å². The fraction of sp³-hybridized carbons (Fsp3) is 0. The molecule has 1 heterocycles. The van der Waals surface area contributed by atoms with Crippen molar-refractivity contribution in [3.8, 4) is 33.4 Å². The second kappa shape index (κ2) is 12.5. The molecule has 1 aromatic heterocycles. The summed E-state index contributed by atoms with van der Waals surface area (Å²) in [6.45, 7) is 0. The van der Waals surface area contributed by atoms with Gasteiger partial charge in [-0.25, -0.2) is 0 Å². The van der Waals surface area contributed by atoms with Crippen molar-refractivity contribution in [3.63, 3.8) is 0 Å². The van der Waals surface area contributed by atoms with Gasteiger partial charge in [-0.15, -0.1) is 0 Å². The van der Waals surface area contributed by atoms with Crippen LogP contribution < -0.4 is 4.90 Å². The zero-order valence-electron chi connectivity index (χ0n) is 28.4. The van der Waals surface area contributed by atoms with E-state index in [1.807, 2.05) is 12.1 Å². The SMILES string of the molecule is c1ccc(-c2ccc(N(c3ccc(-c4ccc5cc6c(cc5c4)oc4ccccc46)cc3)c3cccc(-c4ccc5ccccc5c4)c3)cc2)cc1. The topological polar surface area (TPSA) is 16.4 Å². The van der Waals surface area contributed by atoms with Gasteiger partial charge in [-0.05, 0) is 122 Å². The lowest BCUT2D eigenvalue weighted by Crippen LogP contribution is -2.10. The van der Waals surface area contributed by atoms with Crippen molar-refractivity contribution >= 4 is 60.5 Å². The van der Waals surface area contributed by atoms with Crippen molar-refractivity contribution in [1.82, 2.24) is 0 Å². The van der Waals surface area contributed by atoms with Crippen LogP contribution in [0.1, 0.15) is 0 Å². The summed E-state index contributed by atoms with van der Waals surface area (Å²) in [5.74, 6) is 0. The first-order chi connectivity index (χ1) is 25.7. The molecule has 0 saturated carbocycles. The van der Waals surface area contributed by atoms with Crippen molar-refractivity contribution in [2.45, 2.75) is 0 Å². The van der Waals surface area contributed by atoms with Crippen LogP contribution in [-0.4, -0.2) is 0 Å². The maximum atomic E-state index is 6.21. The van der Waals surface area contributed by atoms with Crippen molar-refractivity contribution in [2.24, 2.45) is 0 Å². The molecular weight excluding hydrogens is 631 g/mol. The third-order valence-corrected chi connectivity index (χ3v) is 10.2. The van der Waals surface area contributed by atoms with Crippen LogP contribution in [0, 0.1) is 0 Å². The lowest BCUT2D eigenvalue weighted by atomic mass is 9.99. The number of para-hydroxylation sites is 1. The average molecular weight is 664 g/mol. The minimum Gasteiger partial charge on any atom is -0.456 e. The third kappa shape index (κ3) is 5.39. The maximum absolute atomic E-state index is 6.21. The predicted molar refractivity (Wildman–Crippen MR) is 220 cm³/mol. The molecule has 0 aliphatic carbocycles. The Morgan fingerprint density at radius 2 is 0.808 bits per heavy atom. The van der Waals surface area contributed by atoms with E-state index in [-0.39, 0.29) is 0 Å². The van der Waals surface area contributed by atoms with Crippen molar-refractivity contribution in [1.29, 1.82) is 0 Å². The second-order valence-electron chi connectivity index (χ2n) is 13.4. The molecule has 0 unspecified atom stereocenters. The van der Waals surface area contributed by atoms with E-state index in [2.05, 4.69) is 193 Å². The molecule has 0 bridgehead atoms. The van der Waals surface area contributed by atoms with E-state index in [0.29, 0.717) is 0 Å². The number of fused-ring (bicyclic) bond motifs is 5. The summed E-state index contributed by atoms with van der Waals surface area (Å²) in [7, 11) is 0. The second-order valence-corrected chi connectivity index (χ2v) is 13.4. The summed E-state index contributed by atoms with van der Waals surface area (Å²) >= 11 is 0. The van der Waals surface area contributed by atoms with Crippen molar-refractivity contribution < 1.29 is 4.42 Å². The number of hydrogen-bond donors (Lipinski definition) is 0. The van der Waals surface area contributed by atoms with E-state index in [1.54, 1.807) is 0 Å². The summed E-state index contributed by atoms with van der Waals surface area (Å²) in [6, 6.07) is 71.8. The van der Waals surface area contributed by atoms with Crippen LogP contribution in [-0.2, 0) is 0 Å². The Morgan fingerprint density at radius 3 is 1.60 bits per heavy atom. The Balaban J connectivity index is 1.04. The molecule has 0 N–H and O–H groups in total. The molecule has 52 heavy (non-hydrogen) atoms. The molecule has 244 valence electrons. The number of nitrogens with zero attached hydrogens (tertiary/aromatic N) is 1. The zero-order valence-corrected chi connectivity index (χ0v) is 28.4. The van der Waals surface area contributed by atoms with Gasteiger partial charge < -0.3 is 9.32 Å². The Kier molecular flexibility index (Phi) is 7.18. The fourth-order valence-corrected chi connectivity index (χ4v) is 7.53. The molecule has 10 aromatic rings. The molecular formula is C50H33NO. The van der Waals surface area contributed by atoms with E-state index in [0.717, 1.165) is 39.0 Å². The maximum Gasteiger partial charge on any atom is 0.136 e. The number of benzene rings is 9. The highest BCUT2D eigenvalue weighted by Crippen LogP contribution is 2.39. The van der Waals surface area contributed by atoms with Crippen LogP contribution in [0.5, 0.6) is 0 Å². The molecule has 2 heteroatoms. The van der Waals surface area contributed by atoms with E-state index < -0.39 is 0 Å². The van der Waals surface area contributed by atoms with Gasteiger partial charge in [0.15, 0.2) is 0 Å². The molecule has 0 amide bonds. The largest absolute Gasteiger partial charge is 0.456 e. The summed E-state index contributed by atoms with van der Waals surface area (Å²) in [4.78, 5) is 2.35. The molecule has 0 aliphatic rings. The minimum atomic E-state index is 0.918. The van der Waals surface area contributed by atoms with E-state index in [4.69, 9.17) is 4.42 Å². The number of hydrogen-bond acceptors (Lipinski definition) is 2. The van der Waals surface area contributed by atoms with Crippen LogP contribution >= 0.6 is 0 Å². The zero-order chi connectivity index (χ0) is 34.4. The van der Waals surface area contributed by atoms with Crippen LogP contribution in [0.15, 0.2) is 205 Å². The van der Waals surface area contributed by atoms with Gasteiger partial charge in [0.05, 0.1) is 0 Å². The first-order valence-electron chi connectivity index (χ1n) is 17.7. The van der Waals surface area contributed by atoms with Crippen molar-refractivity contribution in [2.75, 3.05) is 4.90 Å². The van der Waals surface area contributed by atoms with Gasteiger partial charge >= 0.3 is 0 Å². The highest BCUT2D eigenvalue weighted by molar-refractivity contribution is 6.10. The van der Waals surface area contributed by atoms with Gasteiger partial charge in [0.25, 0.3) is 0 Å². The van der Waals surface area contributed by atoms with E-state index >= 15 is 0 Å². The lowest BCUT2D eigenvalue weighted by molar-refractivity contribution is 0.669. The summed E-state index contributed by atoms with van der Waals surface area (Å²) in [5.41, 5.74) is 12.3. The number of anilines is 3. The minimum absolute atomic E-state index is 0.918. The van der Waals surface area contributed by atoms with Crippen LogP contribution in [0.2, 0.25) is 0 Å². The Labute approximate surface area is 302 Å². The van der Waals surface area contributed by atoms with Crippen molar-refractivity contribution in [3.05, 3.63) is 200 Å². The standard InChI is InChI=1S/C50H33NO/c1-2-9-34(10-3-1)36-21-25-44(26-22-36)51(46-14-8-13-39(31-46)41-18-17-35-11-4-5-12-38(35)29-41)45-27-23-37(24-28-45)40-19-20-42-32-48-47-15-6-7-16-49(47)52-50(48)33-43(42)30-40/h1-33H. The average Bonchev–Trinajstić information content (AvgIpc) is 3.58. The highest BCUT2D eigenvalue weighted by Gasteiger charge is 2.15. The summed E-state index contributed by atoms with van der Waals surface area (Å²) in [5, 5.41) is 7.17. The molecule has 2 nitrogen and oxygen atoms in total. The van der Waals surface area contributed by atoms with Gasteiger partial charge in [0.2, 0.25) is 0 Å². The molecule has 0 spiro atoms. The quantitative estimate of drug-likeness (QED) is 0.176. The normalized spacial score (nSPS) is 11.5. The van der Waals surface area contributed by atoms with E-state index in [9.17, 15) is 0 Å². The number of furan rings is 1. The molecule has 0 atom stereocenters. The first-order valence-corrected chi connectivity index (χ1v) is 17.7. The Bertz CT molecular complexity index is 2890. The van der Waals surface area contributed by atoms with Crippen LogP contribution in [0.4, 0.5) is 17.1 Å². The molecule has 10 rings (SSSR count). The Morgan fingerprint density at radius 1 is 0.269 bits per heavy atom. The summed E-state index contributed by atoms with van der Waals surface area (Å²) in [6.07, 6.45) is 0. The first kappa shape index (κ1) is 30.0. The van der Waals surface area contributed by atoms with Crippen LogP contribution in [0.3, 0.4) is 0 Å². The van der Waals surface area contributed by atoms with Gasteiger partial charge in [0, 0.05) is 27.8 Å². The smallest absolute Gasteiger partial charge is 0.136 e. The van der Waals surface area contributed by atoms with Crippen LogP contribution in [0.25, 0.3) is 76.9 Å². The highest BCUT2D eigenvalue weighted by atomic mass is 16.3. The van der Waals surface area contributed by atoms with Gasteiger partial charge in [-0.3, -0.25) is 0 Å². The van der Waals surface area contributed by atoms with Gasteiger partial charge in [-0.1, -0.05) is 133 Å². The molecule has 0 aliphatic heterocycles. The molecule has 0 radical (unpaired) electrons. The fourth-order valence-electron chi connectivity index (χ4n) is 7.53. The molecule has 0 fully saturated rings. The van der Waals surface area contributed by atoms with Gasteiger partial charge in [0.1, 0.15) is 11.2 Å². The lowest BCUT2D eigenvalue weighted by Gasteiger charge is -2.26. The summed E-state index contributed by atoms with van der Waals surface area (Å²) < 4.78 is 6.21.